The molecule has 0 bridgehead atoms. The maximum atomic E-state index is 12.2. The van der Waals surface area contributed by atoms with Crippen LogP contribution < -0.4 is 5.32 Å². The maximum absolute atomic E-state index is 12.2. The number of amides is 2. The fraction of sp³-hybridized carbons (Fsp3) is 0.615. The standard InChI is InChI=1S/C13H20N4O3/c1-16-7-5-14-11(16)9-15-13(20)17-6-3-2-4-10(17)8-12(18)19/h5,7,10H,2-4,6,8-9H2,1H3,(H,15,20)(H,18,19). The number of aryl methyl sites for hydroxylation is 1. The molecule has 110 valence electrons. The number of carbonyl (C=O) groups is 2. The summed E-state index contributed by atoms with van der Waals surface area (Å²) in [5, 5.41) is 11.7. The Morgan fingerprint density at radius 2 is 2.30 bits per heavy atom. The molecular formula is C13H20N4O3. The van der Waals surface area contributed by atoms with Gasteiger partial charge in [-0.25, -0.2) is 9.78 Å². The van der Waals surface area contributed by atoms with Crippen LogP contribution in [0.1, 0.15) is 31.5 Å². The Labute approximate surface area is 117 Å². The van der Waals surface area contributed by atoms with Gasteiger partial charge in [-0.1, -0.05) is 0 Å². The molecule has 7 nitrogen and oxygen atoms in total. The number of carbonyl (C=O) groups excluding carboxylic acids is 1. The Hall–Kier alpha value is -2.05. The third kappa shape index (κ3) is 3.49. The molecule has 1 aliphatic rings. The van der Waals surface area contributed by atoms with Crippen molar-refractivity contribution < 1.29 is 14.7 Å². The number of hydrogen-bond acceptors (Lipinski definition) is 3. The van der Waals surface area contributed by atoms with Crippen molar-refractivity contribution in [2.75, 3.05) is 6.54 Å². The number of hydrogen-bond donors (Lipinski definition) is 2. The summed E-state index contributed by atoms with van der Waals surface area (Å²) in [6.45, 7) is 0.961. The lowest BCUT2D eigenvalue weighted by atomic mass is 10.00. The molecule has 2 amide bonds. The second kappa shape index (κ2) is 6.40. The van der Waals surface area contributed by atoms with Crippen LogP contribution in [0.2, 0.25) is 0 Å². The molecule has 1 aromatic rings. The molecule has 0 saturated carbocycles. The zero-order chi connectivity index (χ0) is 14.5. The average molecular weight is 280 g/mol. The summed E-state index contributed by atoms with van der Waals surface area (Å²) >= 11 is 0. The lowest BCUT2D eigenvalue weighted by Gasteiger charge is -2.34. The van der Waals surface area contributed by atoms with Crippen LogP contribution in [-0.2, 0) is 18.4 Å². The maximum Gasteiger partial charge on any atom is 0.318 e. The van der Waals surface area contributed by atoms with Gasteiger partial charge < -0.3 is 19.9 Å². The highest BCUT2D eigenvalue weighted by Gasteiger charge is 2.28. The van der Waals surface area contributed by atoms with E-state index in [0.29, 0.717) is 13.1 Å². The minimum Gasteiger partial charge on any atom is -0.481 e. The first-order valence-electron chi connectivity index (χ1n) is 6.80. The van der Waals surface area contributed by atoms with E-state index in [-0.39, 0.29) is 18.5 Å². The number of urea groups is 1. The van der Waals surface area contributed by atoms with Crippen molar-refractivity contribution in [2.45, 2.75) is 38.3 Å². The molecule has 1 atom stereocenters. The zero-order valence-electron chi connectivity index (χ0n) is 11.6. The number of rotatable bonds is 4. The highest BCUT2D eigenvalue weighted by atomic mass is 16.4. The van der Waals surface area contributed by atoms with Crippen molar-refractivity contribution in [3.63, 3.8) is 0 Å². The number of aromatic nitrogens is 2. The minimum absolute atomic E-state index is 0.00975. The van der Waals surface area contributed by atoms with Crippen molar-refractivity contribution in [3.05, 3.63) is 18.2 Å². The summed E-state index contributed by atoms with van der Waals surface area (Å²) in [5.41, 5.74) is 0. The highest BCUT2D eigenvalue weighted by molar-refractivity contribution is 5.76. The van der Waals surface area contributed by atoms with E-state index in [4.69, 9.17) is 5.11 Å². The van der Waals surface area contributed by atoms with Gasteiger partial charge in [0.05, 0.1) is 13.0 Å². The summed E-state index contributed by atoms with van der Waals surface area (Å²) in [6, 6.07) is -0.415. The molecule has 2 rings (SSSR count). The number of nitrogens with zero attached hydrogens (tertiary/aromatic N) is 3. The van der Waals surface area contributed by atoms with Crippen LogP contribution in [-0.4, -0.2) is 44.1 Å². The zero-order valence-corrected chi connectivity index (χ0v) is 11.6. The summed E-state index contributed by atoms with van der Waals surface area (Å²) in [4.78, 5) is 28.8. The molecule has 1 aromatic heterocycles. The molecule has 1 fully saturated rings. The van der Waals surface area contributed by atoms with E-state index in [9.17, 15) is 9.59 Å². The fourth-order valence-corrected chi connectivity index (χ4v) is 2.50. The van der Waals surface area contributed by atoms with Crippen molar-refractivity contribution >= 4 is 12.0 Å². The van der Waals surface area contributed by atoms with Crippen LogP contribution >= 0.6 is 0 Å². The number of carboxylic acids is 1. The lowest BCUT2D eigenvalue weighted by Crippen LogP contribution is -2.49. The molecule has 7 heteroatoms. The third-order valence-electron chi connectivity index (χ3n) is 3.62. The molecule has 20 heavy (non-hydrogen) atoms. The Balaban J connectivity index is 1.92. The third-order valence-corrected chi connectivity index (χ3v) is 3.62. The van der Waals surface area contributed by atoms with E-state index in [0.717, 1.165) is 25.1 Å². The summed E-state index contributed by atoms with van der Waals surface area (Å²) in [6.07, 6.45) is 6.15. The monoisotopic (exact) mass is 280 g/mol. The first kappa shape index (κ1) is 14.4. The van der Waals surface area contributed by atoms with Crippen molar-refractivity contribution in [2.24, 2.45) is 7.05 Å². The molecule has 0 aromatic carbocycles. The molecule has 1 unspecified atom stereocenters. The van der Waals surface area contributed by atoms with Gasteiger partial charge in [-0.3, -0.25) is 4.79 Å². The van der Waals surface area contributed by atoms with Gasteiger partial charge in [0.25, 0.3) is 0 Å². The molecular weight excluding hydrogens is 260 g/mol. The second-order valence-corrected chi connectivity index (χ2v) is 5.05. The van der Waals surface area contributed by atoms with E-state index in [1.165, 1.54) is 0 Å². The first-order chi connectivity index (χ1) is 9.58. The second-order valence-electron chi connectivity index (χ2n) is 5.05. The van der Waals surface area contributed by atoms with Crippen LogP contribution in [0, 0.1) is 0 Å². The summed E-state index contributed by atoms with van der Waals surface area (Å²) in [7, 11) is 1.86. The van der Waals surface area contributed by atoms with Gasteiger partial charge in [0.15, 0.2) is 0 Å². The molecule has 2 heterocycles. The predicted molar refractivity (Wildman–Crippen MR) is 72.0 cm³/mol. The Morgan fingerprint density at radius 1 is 1.50 bits per heavy atom. The van der Waals surface area contributed by atoms with Crippen LogP contribution in [0.15, 0.2) is 12.4 Å². The SMILES string of the molecule is Cn1ccnc1CNC(=O)N1CCCCC1CC(=O)O. The predicted octanol–water partition coefficient (Wildman–Crippen LogP) is 0.959. The Kier molecular flexibility index (Phi) is 4.60. The van der Waals surface area contributed by atoms with E-state index in [1.807, 2.05) is 17.8 Å². The number of piperidine rings is 1. The van der Waals surface area contributed by atoms with Crippen LogP contribution in [0.4, 0.5) is 4.79 Å². The quantitative estimate of drug-likeness (QED) is 0.860. The van der Waals surface area contributed by atoms with Gasteiger partial charge in [0, 0.05) is 32.0 Å². The van der Waals surface area contributed by atoms with Gasteiger partial charge in [0.1, 0.15) is 5.82 Å². The molecule has 0 radical (unpaired) electrons. The van der Waals surface area contributed by atoms with E-state index >= 15 is 0 Å². The topological polar surface area (TPSA) is 87.5 Å². The van der Waals surface area contributed by atoms with E-state index in [1.54, 1.807) is 11.1 Å². The normalized spacial score (nSPS) is 18.9. The largest absolute Gasteiger partial charge is 0.481 e. The highest BCUT2D eigenvalue weighted by Crippen LogP contribution is 2.19. The fourth-order valence-electron chi connectivity index (χ4n) is 2.50. The average Bonchev–Trinajstić information content (AvgIpc) is 2.81. The van der Waals surface area contributed by atoms with Crippen LogP contribution in [0.25, 0.3) is 0 Å². The molecule has 0 aliphatic carbocycles. The number of nitrogens with one attached hydrogen (secondary N) is 1. The van der Waals surface area contributed by atoms with Crippen molar-refractivity contribution in [3.8, 4) is 0 Å². The molecule has 0 spiro atoms. The van der Waals surface area contributed by atoms with Gasteiger partial charge in [-0.05, 0) is 19.3 Å². The number of carboxylic acid groups (broad SMARTS) is 1. The summed E-state index contributed by atoms with van der Waals surface area (Å²) < 4.78 is 1.84. The smallest absolute Gasteiger partial charge is 0.318 e. The lowest BCUT2D eigenvalue weighted by molar-refractivity contribution is -0.138. The van der Waals surface area contributed by atoms with Crippen molar-refractivity contribution in [1.29, 1.82) is 0 Å². The molecule has 1 aliphatic heterocycles. The first-order valence-corrected chi connectivity index (χ1v) is 6.80. The number of aliphatic carboxylic acids is 1. The van der Waals surface area contributed by atoms with Gasteiger partial charge in [-0.2, -0.15) is 0 Å². The van der Waals surface area contributed by atoms with Crippen LogP contribution in [0.3, 0.4) is 0 Å². The molecule has 1 saturated heterocycles. The van der Waals surface area contributed by atoms with E-state index < -0.39 is 5.97 Å². The Morgan fingerprint density at radius 3 is 2.95 bits per heavy atom. The van der Waals surface area contributed by atoms with Crippen molar-refractivity contribution in [1.82, 2.24) is 19.8 Å². The van der Waals surface area contributed by atoms with Gasteiger partial charge >= 0.3 is 12.0 Å². The Bertz CT molecular complexity index is 486. The van der Waals surface area contributed by atoms with Gasteiger partial charge in [0.2, 0.25) is 0 Å². The van der Waals surface area contributed by atoms with Gasteiger partial charge in [-0.15, -0.1) is 0 Å². The number of likely N-dealkylation sites (tertiary alicyclic amines) is 1. The minimum atomic E-state index is -0.862. The number of imidazole rings is 1. The molecule has 2 N–H and O–H groups in total. The summed E-state index contributed by atoms with van der Waals surface area (Å²) in [5.74, 6) is -0.0936. The van der Waals surface area contributed by atoms with E-state index in [2.05, 4.69) is 10.3 Å². The van der Waals surface area contributed by atoms with Crippen LogP contribution in [0.5, 0.6) is 0 Å².